The number of benzene rings is 2. The van der Waals surface area contributed by atoms with Crippen LogP contribution in [0.1, 0.15) is 17.0 Å². The molecule has 2 aromatic carbocycles. The maximum Gasteiger partial charge on any atom is 0.409 e. The Hall–Kier alpha value is -3.35. The number of hydrogen-bond donors (Lipinski definition) is 2. The van der Waals surface area contributed by atoms with Gasteiger partial charge in [-0.1, -0.05) is 48.5 Å². The molecule has 7 nitrogen and oxygen atoms in total. The number of hydrogen-bond acceptors (Lipinski definition) is 4. The fourth-order valence-corrected chi connectivity index (χ4v) is 4.14. The molecule has 1 heterocycles. The van der Waals surface area contributed by atoms with Gasteiger partial charge in [-0.25, -0.2) is 4.79 Å². The van der Waals surface area contributed by atoms with Crippen molar-refractivity contribution >= 4 is 18.0 Å². The highest BCUT2D eigenvalue weighted by Gasteiger charge is 2.44. The molecule has 0 radical (unpaired) electrons. The van der Waals surface area contributed by atoms with Gasteiger partial charge in [0.1, 0.15) is 6.61 Å². The highest BCUT2D eigenvalue weighted by Crippen LogP contribution is 2.44. The Bertz CT molecular complexity index is 888. The van der Waals surface area contributed by atoms with E-state index in [2.05, 4.69) is 0 Å². The van der Waals surface area contributed by atoms with E-state index in [1.165, 1.54) is 4.90 Å². The summed E-state index contributed by atoms with van der Waals surface area (Å²) >= 11 is 0. The Morgan fingerprint density at radius 2 is 1.32 bits per heavy atom. The minimum Gasteiger partial charge on any atom is -0.481 e. The summed E-state index contributed by atoms with van der Waals surface area (Å²) in [6, 6.07) is 15.9. The zero-order valence-corrected chi connectivity index (χ0v) is 14.9. The van der Waals surface area contributed by atoms with Crippen LogP contribution in [0.2, 0.25) is 0 Å². The summed E-state index contributed by atoms with van der Waals surface area (Å²) in [5, 5.41) is 18.4. The molecule has 1 saturated heterocycles. The van der Waals surface area contributed by atoms with Crippen molar-refractivity contribution in [1.29, 1.82) is 0 Å². The highest BCUT2D eigenvalue weighted by atomic mass is 16.6. The Morgan fingerprint density at radius 1 is 0.857 bits per heavy atom. The summed E-state index contributed by atoms with van der Waals surface area (Å²) in [6.07, 6.45) is -0.683. The van der Waals surface area contributed by atoms with Crippen molar-refractivity contribution in [1.82, 2.24) is 4.90 Å². The minimum atomic E-state index is -1.22. The van der Waals surface area contributed by atoms with Gasteiger partial charge in [0, 0.05) is 19.0 Å². The summed E-state index contributed by atoms with van der Waals surface area (Å²) in [5.74, 6) is -4.80. The molecule has 0 unspecified atom stereocenters. The second kappa shape index (κ2) is 6.99. The number of nitrogens with zero attached hydrogens (tertiary/aromatic N) is 1. The number of aliphatic carboxylic acids is 2. The van der Waals surface area contributed by atoms with Gasteiger partial charge in [-0.3, -0.25) is 9.59 Å². The second-order valence-electron chi connectivity index (χ2n) is 7.10. The fraction of sp³-hybridized carbons (Fsp3) is 0.286. The molecule has 0 bridgehead atoms. The Morgan fingerprint density at radius 3 is 1.79 bits per heavy atom. The Labute approximate surface area is 161 Å². The van der Waals surface area contributed by atoms with Crippen molar-refractivity contribution in [2.24, 2.45) is 11.8 Å². The quantitative estimate of drug-likeness (QED) is 0.844. The van der Waals surface area contributed by atoms with Gasteiger partial charge in [0.15, 0.2) is 0 Å². The van der Waals surface area contributed by atoms with E-state index in [1.54, 1.807) is 0 Å². The maximum atomic E-state index is 12.5. The van der Waals surface area contributed by atoms with Crippen LogP contribution in [-0.4, -0.2) is 52.8 Å². The van der Waals surface area contributed by atoms with E-state index >= 15 is 0 Å². The molecule has 2 aromatic rings. The second-order valence-corrected chi connectivity index (χ2v) is 7.10. The monoisotopic (exact) mass is 381 g/mol. The molecule has 0 saturated carbocycles. The highest BCUT2D eigenvalue weighted by molar-refractivity contribution is 5.83. The number of rotatable bonds is 4. The average Bonchev–Trinajstić information content (AvgIpc) is 3.27. The lowest BCUT2D eigenvalue weighted by atomic mass is 9.97. The van der Waals surface area contributed by atoms with Crippen LogP contribution in [0, 0.1) is 11.8 Å². The number of carbonyl (C=O) groups is 3. The molecule has 2 N–H and O–H groups in total. The number of carboxylic acids is 2. The van der Waals surface area contributed by atoms with E-state index in [4.69, 9.17) is 4.74 Å². The Kier molecular flexibility index (Phi) is 4.50. The molecule has 2 atom stereocenters. The van der Waals surface area contributed by atoms with Gasteiger partial charge in [-0.05, 0) is 22.3 Å². The lowest BCUT2D eigenvalue weighted by molar-refractivity contribution is -0.151. The number of fused-ring (bicyclic) bond motifs is 3. The first-order valence-corrected chi connectivity index (χ1v) is 9.03. The Balaban J connectivity index is 1.49. The maximum absolute atomic E-state index is 12.5. The zero-order chi connectivity index (χ0) is 19.8. The van der Waals surface area contributed by atoms with Crippen LogP contribution in [-0.2, 0) is 14.3 Å². The van der Waals surface area contributed by atoms with Crippen LogP contribution >= 0.6 is 0 Å². The van der Waals surface area contributed by atoms with Gasteiger partial charge in [0.25, 0.3) is 0 Å². The van der Waals surface area contributed by atoms with Crippen LogP contribution in [0.4, 0.5) is 4.79 Å². The SMILES string of the molecule is O=C(O)[C@@H]1CN(C(=O)OCC2c3ccccc3-c3ccccc32)C[C@H]1C(=O)O. The van der Waals surface area contributed by atoms with Gasteiger partial charge < -0.3 is 19.8 Å². The van der Waals surface area contributed by atoms with E-state index in [-0.39, 0.29) is 25.6 Å². The molecule has 2 aliphatic rings. The number of likely N-dealkylation sites (tertiary alicyclic amines) is 1. The fourth-order valence-electron chi connectivity index (χ4n) is 4.14. The van der Waals surface area contributed by atoms with Gasteiger partial charge in [0.05, 0.1) is 11.8 Å². The van der Waals surface area contributed by atoms with E-state index in [9.17, 15) is 24.6 Å². The zero-order valence-electron chi connectivity index (χ0n) is 14.9. The van der Waals surface area contributed by atoms with Gasteiger partial charge in [-0.2, -0.15) is 0 Å². The first kappa shape index (κ1) is 18.0. The van der Waals surface area contributed by atoms with Crippen LogP contribution in [0.15, 0.2) is 48.5 Å². The van der Waals surface area contributed by atoms with Crippen molar-refractivity contribution in [3.63, 3.8) is 0 Å². The van der Waals surface area contributed by atoms with E-state index in [0.717, 1.165) is 22.3 Å². The van der Waals surface area contributed by atoms with Crippen molar-refractivity contribution in [2.45, 2.75) is 5.92 Å². The van der Waals surface area contributed by atoms with E-state index in [0.29, 0.717) is 0 Å². The summed E-state index contributed by atoms with van der Waals surface area (Å²) in [7, 11) is 0. The first-order chi connectivity index (χ1) is 13.5. The predicted molar refractivity (Wildman–Crippen MR) is 98.9 cm³/mol. The van der Waals surface area contributed by atoms with Crippen LogP contribution in [0.5, 0.6) is 0 Å². The molecule has 1 aliphatic carbocycles. The van der Waals surface area contributed by atoms with Gasteiger partial charge in [-0.15, -0.1) is 0 Å². The predicted octanol–water partition coefficient (Wildman–Crippen LogP) is 2.65. The smallest absolute Gasteiger partial charge is 0.409 e. The molecule has 1 fully saturated rings. The van der Waals surface area contributed by atoms with Crippen molar-refractivity contribution in [2.75, 3.05) is 19.7 Å². The molecule has 144 valence electrons. The third-order valence-corrected chi connectivity index (χ3v) is 5.55. The first-order valence-electron chi connectivity index (χ1n) is 9.03. The normalized spacial score (nSPS) is 20.5. The lowest BCUT2D eigenvalue weighted by Crippen LogP contribution is -2.31. The molecular formula is C21H19NO6. The largest absolute Gasteiger partial charge is 0.481 e. The summed E-state index contributed by atoms with van der Waals surface area (Å²) in [5.41, 5.74) is 4.36. The van der Waals surface area contributed by atoms with Crippen LogP contribution in [0.3, 0.4) is 0 Å². The third kappa shape index (κ3) is 2.98. The average molecular weight is 381 g/mol. The molecule has 1 amide bonds. The van der Waals surface area contributed by atoms with Crippen molar-refractivity contribution in [3.05, 3.63) is 59.7 Å². The molecule has 4 rings (SSSR count). The summed E-state index contributed by atoms with van der Waals surface area (Å²) in [6.45, 7) is -0.217. The lowest BCUT2D eigenvalue weighted by Gasteiger charge is -2.19. The molecule has 28 heavy (non-hydrogen) atoms. The molecule has 0 spiro atoms. The molecular weight excluding hydrogens is 362 g/mol. The van der Waals surface area contributed by atoms with Crippen molar-refractivity contribution < 1.29 is 29.3 Å². The molecule has 7 heteroatoms. The standard InChI is InChI=1S/C21H19NO6/c23-19(24)16-9-22(10-17(16)20(25)26)21(27)28-11-18-14-7-3-1-5-12(14)13-6-2-4-8-15(13)18/h1-8,16-18H,9-11H2,(H,23,24)(H,25,26)/t16-,17-/m1/s1. The van der Waals surface area contributed by atoms with Gasteiger partial charge in [0.2, 0.25) is 0 Å². The third-order valence-electron chi connectivity index (χ3n) is 5.55. The van der Waals surface area contributed by atoms with E-state index < -0.39 is 29.9 Å². The number of amides is 1. The van der Waals surface area contributed by atoms with Crippen LogP contribution in [0.25, 0.3) is 11.1 Å². The van der Waals surface area contributed by atoms with Gasteiger partial charge >= 0.3 is 18.0 Å². The molecule has 0 aromatic heterocycles. The summed E-state index contributed by atoms with van der Waals surface area (Å²) < 4.78 is 5.48. The van der Waals surface area contributed by atoms with E-state index in [1.807, 2.05) is 48.5 Å². The minimum absolute atomic E-state index is 0.107. The van der Waals surface area contributed by atoms with Crippen molar-refractivity contribution in [3.8, 4) is 11.1 Å². The number of ether oxygens (including phenoxy) is 1. The van der Waals surface area contributed by atoms with Crippen LogP contribution < -0.4 is 0 Å². The summed E-state index contributed by atoms with van der Waals surface area (Å²) in [4.78, 5) is 36.2. The topological polar surface area (TPSA) is 104 Å². The molecule has 1 aliphatic heterocycles. The number of carboxylic acid groups (broad SMARTS) is 2. The number of carbonyl (C=O) groups excluding carboxylic acids is 1.